The summed E-state index contributed by atoms with van der Waals surface area (Å²) >= 11 is 0. The maximum atomic E-state index is 12.3. The lowest BCUT2D eigenvalue weighted by molar-refractivity contribution is 0.0766. The van der Waals surface area contributed by atoms with Gasteiger partial charge in [0.2, 0.25) is 10.9 Å². The number of phenols is 1. The van der Waals surface area contributed by atoms with E-state index >= 15 is 0 Å². The number of carbonyl (C=O) groups is 1. The summed E-state index contributed by atoms with van der Waals surface area (Å²) in [6.07, 6.45) is 0.883. The lowest BCUT2D eigenvalue weighted by atomic mass is 10.1. The van der Waals surface area contributed by atoms with Gasteiger partial charge in [0, 0.05) is 25.2 Å². The van der Waals surface area contributed by atoms with E-state index in [1.807, 2.05) is 0 Å². The maximum Gasteiger partial charge on any atom is 0.254 e. The van der Waals surface area contributed by atoms with Crippen molar-refractivity contribution in [1.82, 2.24) is 10.2 Å². The van der Waals surface area contributed by atoms with E-state index in [1.54, 1.807) is 4.90 Å². The van der Waals surface area contributed by atoms with Crippen LogP contribution in [-0.2, 0) is 10.9 Å². The minimum absolute atomic E-state index is 0.0650. The van der Waals surface area contributed by atoms with Gasteiger partial charge in [-0.25, -0.2) is 8.42 Å². The average Bonchev–Trinajstić information content (AvgIpc) is 2.68. The molecular formula is C12H17N3O4S. The molecule has 1 heterocycles. The molecule has 1 aliphatic heterocycles. The Morgan fingerprint density at radius 1 is 1.30 bits per heavy atom. The van der Waals surface area contributed by atoms with Crippen LogP contribution in [0.15, 0.2) is 18.2 Å². The van der Waals surface area contributed by atoms with Crippen LogP contribution in [0.25, 0.3) is 0 Å². The standard InChI is InChI=1S/C12H17N3O4S/c16-11-8-9(2-3-10(11)14-20(18)19)12(17)15-6-1-4-13-5-7-15/h2-3,8,13,16,20H,1,4-7H2,(H,14,18,19). The van der Waals surface area contributed by atoms with Crippen molar-refractivity contribution >= 4 is 22.5 Å². The number of hydrogen-bond acceptors (Lipinski definition) is 5. The molecule has 110 valence electrons. The Bertz CT molecular complexity index is 558. The van der Waals surface area contributed by atoms with Gasteiger partial charge in [-0.2, -0.15) is 0 Å². The Hall–Kier alpha value is -1.80. The van der Waals surface area contributed by atoms with Crippen LogP contribution in [0.5, 0.6) is 5.75 Å². The highest BCUT2D eigenvalue weighted by Gasteiger charge is 2.18. The highest BCUT2D eigenvalue weighted by Crippen LogP contribution is 2.24. The minimum Gasteiger partial charge on any atom is -0.506 e. The highest BCUT2D eigenvalue weighted by molar-refractivity contribution is 7.73. The number of thiol groups is 1. The first-order valence-electron chi connectivity index (χ1n) is 6.32. The molecule has 7 nitrogen and oxygen atoms in total. The van der Waals surface area contributed by atoms with E-state index in [0.29, 0.717) is 18.7 Å². The second kappa shape index (κ2) is 6.58. The summed E-state index contributed by atoms with van der Waals surface area (Å²) < 4.78 is 23.2. The quantitative estimate of drug-likeness (QED) is 0.456. The minimum atomic E-state index is -2.85. The third kappa shape index (κ3) is 3.61. The third-order valence-electron chi connectivity index (χ3n) is 3.08. The Balaban J connectivity index is 2.15. The monoisotopic (exact) mass is 299 g/mol. The van der Waals surface area contributed by atoms with Crippen molar-refractivity contribution in [3.8, 4) is 5.75 Å². The Morgan fingerprint density at radius 3 is 2.80 bits per heavy atom. The van der Waals surface area contributed by atoms with Gasteiger partial charge in [0.1, 0.15) is 5.75 Å². The van der Waals surface area contributed by atoms with Crippen molar-refractivity contribution in [3.05, 3.63) is 23.8 Å². The van der Waals surface area contributed by atoms with Crippen molar-refractivity contribution in [1.29, 1.82) is 0 Å². The number of rotatable bonds is 3. The SMILES string of the molecule is O=C(c1ccc(N[SH](=O)=O)c(O)c1)N1CCCNCC1. The van der Waals surface area contributed by atoms with Gasteiger partial charge >= 0.3 is 0 Å². The predicted octanol–water partition coefficient (Wildman–Crippen LogP) is -0.234. The molecule has 0 radical (unpaired) electrons. The lowest BCUT2D eigenvalue weighted by Gasteiger charge is -2.20. The summed E-state index contributed by atoms with van der Waals surface area (Å²) in [5.41, 5.74) is 0.409. The fourth-order valence-corrected chi connectivity index (χ4v) is 2.47. The molecule has 1 aromatic rings. The molecule has 0 unspecified atom stereocenters. The van der Waals surface area contributed by atoms with Gasteiger partial charge in [-0.05, 0) is 31.2 Å². The molecule has 1 aliphatic rings. The first-order chi connectivity index (χ1) is 9.58. The highest BCUT2D eigenvalue weighted by atomic mass is 32.2. The van der Waals surface area contributed by atoms with E-state index in [9.17, 15) is 18.3 Å². The normalized spacial score (nSPS) is 15.9. The lowest BCUT2D eigenvalue weighted by Crippen LogP contribution is -2.34. The average molecular weight is 299 g/mol. The number of hydrogen-bond donors (Lipinski definition) is 4. The topological polar surface area (TPSA) is 98.7 Å². The van der Waals surface area contributed by atoms with Crippen molar-refractivity contribution in [2.24, 2.45) is 0 Å². The third-order valence-corrected chi connectivity index (χ3v) is 3.51. The number of amides is 1. The fraction of sp³-hybridized carbons (Fsp3) is 0.417. The van der Waals surface area contributed by atoms with Crippen LogP contribution in [0.4, 0.5) is 5.69 Å². The largest absolute Gasteiger partial charge is 0.506 e. The molecule has 1 saturated heterocycles. The van der Waals surface area contributed by atoms with Crippen LogP contribution in [0.2, 0.25) is 0 Å². The van der Waals surface area contributed by atoms with Gasteiger partial charge in [-0.1, -0.05) is 0 Å². The van der Waals surface area contributed by atoms with E-state index in [-0.39, 0.29) is 17.3 Å². The van der Waals surface area contributed by atoms with Crippen molar-refractivity contribution in [3.63, 3.8) is 0 Å². The zero-order valence-corrected chi connectivity index (χ0v) is 11.7. The van der Waals surface area contributed by atoms with Gasteiger partial charge in [0.25, 0.3) is 5.91 Å². The zero-order valence-electron chi connectivity index (χ0n) is 10.8. The second-order valence-corrected chi connectivity index (χ2v) is 5.23. The number of aromatic hydroxyl groups is 1. The summed E-state index contributed by atoms with van der Waals surface area (Å²) in [5, 5.41) is 12.9. The molecule has 2 rings (SSSR count). The van der Waals surface area contributed by atoms with Crippen molar-refractivity contribution in [2.75, 3.05) is 30.9 Å². The number of benzene rings is 1. The summed E-state index contributed by atoms with van der Waals surface area (Å²) in [5.74, 6) is -0.426. The van der Waals surface area contributed by atoms with Gasteiger partial charge in [-0.15, -0.1) is 0 Å². The molecule has 0 spiro atoms. The molecule has 1 amide bonds. The number of nitrogens with zero attached hydrogens (tertiary/aromatic N) is 1. The second-order valence-electron chi connectivity index (χ2n) is 4.50. The zero-order chi connectivity index (χ0) is 14.5. The molecule has 0 aliphatic carbocycles. The maximum absolute atomic E-state index is 12.3. The van der Waals surface area contributed by atoms with Gasteiger partial charge in [0.05, 0.1) is 5.69 Å². The van der Waals surface area contributed by atoms with Crippen LogP contribution >= 0.6 is 0 Å². The molecule has 3 N–H and O–H groups in total. The molecule has 0 bridgehead atoms. The summed E-state index contributed by atoms with van der Waals surface area (Å²) in [6.45, 7) is 2.91. The fourth-order valence-electron chi connectivity index (χ4n) is 2.09. The molecule has 0 saturated carbocycles. The van der Waals surface area contributed by atoms with Crippen molar-refractivity contribution in [2.45, 2.75) is 6.42 Å². The van der Waals surface area contributed by atoms with E-state index in [4.69, 9.17) is 0 Å². The Morgan fingerprint density at radius 2 is 2.10 bits per heavy atom. The van der Waals surface area contributed by atoms with E-state index < -0.39 is 10.9 Å². The molecular weight excluding hydrogens is 282 g/mol. The molecule has 20 heavy (non-hydrogen) atoms. The predicted molar refractivity (Wildman–Crippen MR) is 75.4 cm³/mol. The molecule has 1 aromatic carbocycles. The first-order valence-corrected chi connectivity index (χ1v) is 7.50. The number of nitrogens with one attached hydrogen (secondary N) is 2. The summed E-state index contributed by atoms with van der Waals surface area (Å²) in [7, 11) is -2.85. The van der Waals surface area contributed by atoms with Gasteiger partial charge in [-0.3, -0.25) is 9.52 Å². The molecule has 0 aromatic heterocycles. The van der Waals surface area contributed by atoms with E-state index in [0.717, 1.165) is 19.5 Å². The van der Waals surface area contributed by atoms with Crippen LogP contribution in [0, 0.1) is 0 Å². The first kappa shape index (κ1) is 14.6. The number of anilines is 1. The van der Waals surface area contributed by atoms with Crippen LogP contribution < -0.4 is 10.0 Å². The van der Waals surface area contributed by atoms with E-state index in [2.05, 4.69) is 10.0 Å². The Labute approximate surface area is 118 Å². The van der Waals surface area contributed by atoms with Crippen LogP contribution in [-0.4, -0.2) is 50.5 Å². The van der Waals surface area contributed by atoms with Crippen molar-refractivity contribution < 1.29 is 18.3 Å². The smallest absolute Gasteiger partial charge is 0.254 e. The van der Waals surface area contributed by atoms with Gasteiger partial charge < -0.3 is 15.3 Å². The van der Waals surface area contributed by atoms with Gasteiger partial charge in [0.15, 0.2) is 0 Å². The number of carbonyl (C=O) groups excluding carboxylic acids is 1. The molecule has 0 atom stereocenters. The van der Waals surface area contributed by atoms with Crippen LogP contribution in [0.1, 0.15) is 16.8 Å². The Kier molecular flexibility index (Phi) is 4.80. The number of phenolic OH excluding ortho intramolecular Hbond substituents is 1. The molecule has 1 fully saturated rings. The summed E-state index contributed by atoms with van der Waals surface area (Å²) in [4.78, 5) is 14.0. The van der Waals surface area contributed by atoms with Crippen LogP contribution in [0.3, 0.4) is 0 Å². The van der Waals surface area contributed by atoms with E-state index in [1.165, 1.54) is 18.2 Å². The summed E-state index contributed by atoms with van der Waals surface area (Å²) in [6, 6.07) is 4.16. The molecule has 8 heteroatoms.